The van der Waals surface area contributed by atoms with Crippen LogP contribution in [0.3, 0.4) is 0 Å². The van der Waals surface area contributed by atoms with Crippen LogP contribution in [0.2, 0.25) is 0 Å². The van der Waals surface area contributed by atoms with Crippen molar-refractivity contribution in [3.63, 3.8) is 0 Å². The zero-order chi connectivity index (χ0) is 12.9. The first-order valence-corrected chi connectivity index (χ1v) is 6.67. The Labute approximate surface area is 102 Å². The Hall–Kier alpha value is -0.250. The summed E-state index contributed by atoms with van der Waals surface area (Å²) in [6, 6.07) is 0. The first kappa shape index (κ1) is 14.8. The van der Waals surface area contributed by atoms with E-state index in [1.807, 2.05) is 0 Å². The predicted octanol–water partition coefficient (Wildman–Crippen LogP) is 4.28. The van der Waals surface area contributed by atoms with E-state index in [2.05, 4.69) is 19.2 Å². The number of nitrogens with one attached hydrogen (secondary N) is 1. The molecule has 0 aromatic heterocycles. The summed E-state index contributed by atoms with van der Waals surface area (Å²) >= 11 is 0. The van der Waals surface area contributed by atoms with Gasteiger partial charge in [-0.2, -0.15) is 13.2 Å². The molecule has 0 aliphatic carbocycles. The predicted molar refractivity (Wildman–Crippen MR) is 63.9 cm³/mol. The molecule has 1 unspecified atom stereocenters. The Bertz CT molecular complexity index is 215. The molecular formula is C13H24F3N. The largest absolute Gasteiger partial charge is 0.389 e. The van der Waals surface area contributed by atoms with Gasteiger partial charge in [0.25, 0.3) is 0 Å². The summed E-state index contributed by atoms with van der Waals surface area (Å²) in [6.07, 6.45) is 0.721. The molecule has 1 nitrogen and oxygen atoms in total. The maximum Gasteiger partial charge on any atom is 0.389 e. The molecule has 17 heavy (non-hydrogen) atoms. The molecule has 0 spiro atoms. The normalized spacial score (nSPS) is 27.2. The number of alkyl halides is 3. The van der Waals surface area contributed by atoms with E-state index in [1.165, 1.54) is 6.42 Å². The van der Waals surface area contributed by atoms with Crippen molar-refractivity contribution < 1.29 is 13.2 Å². The molecule has 1 N–H and O–H groups in total. The number of halogens is 3. The summed E-state index contributed by atoms with van der Waals surface area (Å²) in [4.78, 5) is 0. The van der Waals surface area contributed by atoms with E-state index in [9.17, 15) is 13.2 Å². The lowest BCUT2D eigenvalue weighted by Crippen LogP contribution is -2.49. The summed E-state index contributed by atoms with van der Waals surface area (Å²) in [7, 11) is 0. The molecule has 1 rings (SSSR count). The van der Waals surface area contributed by atoms with Crippen molar-refractivity contribution in [3.05, 3.63) is 0 Å². The van der Waals surface area contributed by atoms with Crippen molar-refractivity contribution in [1.29, 1.82) is 0 Å². The average Bonchev–Trinajstić information content (AvgIpc) is 2.42. The van der Waals surface area contributed by atoms with Gasteiger partial charge in [0.05, 0.1) is 0 Å². The van der Waals surface area contributed by atoms with Crippen LogP contribution in [0.15, 0.2) is 0 Å². The van der Waals surface area contributed by atoms with E-state index in [0.717, 1.165) is 25.8 Å². The molecule has 0 bridgehead atoms. The van der Waals surface area contributed by atoms with Crippen LogP contribution in [-0.4, -0.2) is 18.3 Å². The Kier molecular flexibility index (Phi) is 5.29. The van der Waals surface area contributed by atoms with Crippen molar-refractivity contribution >= 4 is 0 Å². The molecule has 0 amide bonds. The van der Waals surface area contributed by atoms with Crippen LogP contribution in [0.1, 0.15) is 58.8 Å². The van der Waals surface area contributed by atoms with Crippen LogP contribution in [0.4, 0.5) is 13.2 Å². The van der Waals surface area contributed by atoms with E-state index >= 15 is 0 Å². The molecule has 0 aromatic rings. The smallest absolute Gasteiger partial charge is 0.311 e. The highest BCUT2D eigenvalue weighted by molar-refractivity contribution is 4.92. The van der Waals surface area contributed by atoms with E-state index < -0.39 is 12.6 Å². The molecule has 1 fully saturated rings. The molecule has 1 aliphatic heterocycles. The first-order chi connectivity index (χ1) is 7.86. The van der Waals surface area contributed by atoms with Gasteiger partial charge in [0, 0.05) is 12.0 Å². The van der Waals surface area contributed by atoms with Gasteiger partial charge in [-0.15, -0.1) is 0 Å². The van der Waals surface area contributed by atoms with E-state index in [1.54, 1.807) is 0 Å². The minimum Gasteiger partial charge on any atom is -0.311 e. The highest BCUT2D eigenvalue weighted by Gasteiger charge is 2.35. The average molecular weight is 251 g/mol. The fourth-order valence-corrected chi connectivity index (χ4v) is 2.77. The SMILES string of the molecule is CC(C)C1(CCCC(F)(F)F)CCCCCN1. The maximum absolute atomic E-state index is 12.2. The van der Waals surface area contributed by atoms with Gasteiger partial charge in [-0.3, -0.25) is 0 Å². The molecule has 0 aromatic carbocycles. The molecule has 102 valence electrons. The van der Waals surface area contributed by atoms with Gasteiger partial charge in [0.15, 0.2) is 0 Å². The van der Waals surface area contributed by atoms with E-state index in [-0.39, 0.29) is 12.0 Å². The number of rotatable bonds is 4. The van der Waals surface area contributed by atoms with Crippen LogP contribution in [0.25, 0.3) is 0 Å². The third-order valence-corrected chi connectivity index (χ3v) is 3.97. The minimum absolute atomic E-state index is 0.0677. The molecule has 1 saturated heterocycles. The number of hydrogen-bond acceptors (Lipinski definition) is 1. The van der Waals surface area contributed by atoms with Crippen LogP contribution in [-0.2, 0) is 0 Å². The second kappa shape index (κ2) is 6.07. The second-order valence-electron chi connectivity index (χ2n) is 5.52. The van der Waals surface area contributed by atoms with Gasteiger partial charge < -0.3 is 5.32 Å². The summed E-state index contributed by atoms with van der Waals surface area (Å²) in [6.45, 7) is 5.18. The van der Waals surface area contributed by atoms with Crippen LogP contribution in [0, 0.1) is 5.92 Å². The zero-order valence-corrected chi connectivity index (χ0v) is 10.9. The van der Waals surface area contributed by atoms with Gasteiger partial charge in [0.2, 0.25) is 0 Å². The summed E-state index contributed by atoms with van der Waals surface area (Å²) in [5.41, 5.74) is -0.0677. The molecule has 0 radical (unpaired) electrons. The van der Waals surface area contributed by atoms with Crippen molar-refractivity contribution in [2.75, 3.05) is 6.54 Å². The number of hydrogen-bond donors (Lipinski definition) is 1. The van der Waals surface area contributed by atoms with E-state index in [0.29, 0.717) is 12.3 Å². The molecular weight excluding hydrogens is 227 g/mol. The lowest BCUT2D eigenvalue weighted by atomic mass is 9.78. The van der Waals surface area contributed by atoms with Crippen LogP contribution in [0.5, 0.6) is 0 Å². The minimum atomic E-state index is -4.01. The molecule has 1 atom stereocenters. The fourth-order valence-electron chi connectivity index (χ4n) is 2.77. The molecule has 4 heteroatoms. The van der Waals surface area contributed by atoms with E-state index in [4.69, 9.17) is 0 Å². The van der Waals surface area contributed by atoms with Crippen LogP contribution < -0.4 is 5.32 Å². The van der Waals surface area contributed by atoms with Gasteiger partial charge in [0.1, 0.15) is 0 Å². The molecule has 0 saturated carbocycles. The lowest BCUT2D eigenvalue weighted by molar-refractivity contribution is -0.136. The Morgan fingerprint density at radius 3 is 2.47 bits per heavy atom. The Morgan fingerprint density at radius 1 is 1.18 bits per heavy atom. The summed E-state index contributed by atoms with van der Waals surface area (Å²) in [5.74, 6) is 0.397. The Morgan fingerprint density at radius 2 is 1.88 bits per heavy atom. The zero-order valence-electron chi connectivity index (χ0n) is 10.9. The lowest BCUT2D eigenvalue weighted by Gasteiger charge is -2.38. The second-order valence-corrected chi connectivity index (χ2v) is 5.52. The summed E-state index contributed by atoms with van der Waals surface area (Å²) in [5, 5.41) is 3.51. The molecule has 1 aliphatic rings. The topological polar surface area (TPSA) is 12.0 Å². The third-order valence-electron chi connectivity index (χ3n) is 3.97. The van der Waals surface area contributed by atoms with Gasteiger partial charge in [-0.1, -0.05) is 26.7 Å². The first-order valence-electron chi connectivity index (χ1n) is 6.67. The van der Waals surface area contributed by atoms with Gasteiger partial charge >= 0.3 is 6.18 Å². The van der Waals surface area contributed by atoms with Crippen LogP contribution >= 0.6 is 0 Å². The summed E-state index contributed by atoms with van der Waals surface area (Å²) < 4.78 is 36.6. The highest BCUT2D eigenvalue weighted by Crippen LogP contribution is 2.33. The standard InChI is InChI=1S/C13H24F3N/c1-11(2)12(7-4-3-5-10-17-12)8-6-9-13(14,15)16/h11,17H,3-10H2,1-2H3. The maximum atomic E-state index is 12.2. The monoisotopic (exact) mass is 251 g/mol. The molecule has 1 heterocycles. The van der Waals surface area contributed by atoms with Crippen molar-refractivity contribution in [2.45, 2.75) is 70.5 Å². The van der Waals surface area contributed by atoms with Crippen molar-refractivity contribution in [3.8, 4) is 0 Å². The third kappa shape index (κ3) is 4.86. The van der Waals surface area contributed by atoms with Gasteiger partial charge in [-0.25, -0.2) is 0 Å². The quantitative estimate of drug-likeness (QED) is 0.786. The van der Waals surface area contributed by atoms with Crippen molar-refractivity contribution in [1.82, 2.24) is 5.32 Å². The Balaban J connectivity index is 2.52. The highest BCUT2D eigenvalue weighted by atomic mass is 19.4. The van der Waals surface area contributed by atoms with Gasteiger partial charge in [-0.05, 0) is 38.1 Å². The fraction of sp³-hybridized carbons (Fsp3) is 1.00. The van der Waals surface area contributed by atoms with Crippen molar-refractivity contribution in [2.24, 2.45) is 5.92 Å².